The van der Waals surface area contributed by atoms with Crippen LogP contribution in [0.15, 0.2) is 60.8 Å². The van der Waals surface area contributed by atoms with Gasteiger partial charge in [0.05, 0.1) is 30.6 Å². The van der Waals surface area contributed by atoms with Gasteiger partial charge in [0.15, 0.2) is 0 Å². The monoisotopic (exact) mass is 408 g/mol. The zero-order valence-corrected chi connectivity index (χ0v) is 16.6. The van der Waals surface area contributed by atoms with Crippen LogP contribution < -0.4 is 15.4 Å². The lowest BCUT2D eigenvalue weighted by Gasteiger charge is -2.18. The number of carbonyl (C=O) groups is 2. The summed E-state index contributed by atoms with van der Waals surface area (Å²) in [5.41, 5.74) is 2.24. The maximum atomic E-state index is 12.9. The molecule has 1 unspecified atom stereocenters. The van der Waals surface area contributed by atoms with E-state index in [1.807, 2.05) is 30.3 Å². The van der Waals surface area contributed by atoms with Crippen molar-refractivity contribution in [1.29, 1.82) is 0 Å². The number of H-pyrrole nitrogens is 1. The zero-order chi connectivity index (χ0) is 21.3. The molecule has 4 N–H and O–H groups in total. The Balaban J connectivity index is 1.79. The molecular formula is C22H24N4O4. The van der Waals surface area contributed by atoms with Gasteiger partial charge >= 0.3 is 6.09 Å². The quantitative estimate of drug-likeness (QED) is 0.404. The number of amides is 2. The Hall–Kier alpha value is -3.81. The summed E-state index contributed by atoms with van der Waals surface area (Å²) in [7, 11) is 1.51. The first-order valence-corrected chi connectivity index (χ1v) is 9.59. The summed E-state index contributed by atoms with van der Waals surface area (Å²) in [4.78, 5) is 31.3. The standard InChI is InChI=1S/C22H24N4O4/c1-30-19-12-6-5-10-16(19)21(27)26-17(11-7-13-23-22(28)29)20-24-14-18(25-20)15-8-3-2-4-9-15/h2-6,8-10,12,14,17,23H,7,11,13H2,1H3,(H,24,25)(H,26,27)(H,28,29). The van der Waals surface area contributed by atoms with Crippen molar-refractivity contribution in [2.24, 2.45) is 0 Å². The zero-order valence-electron chi connectivity index (χ0n) is 16.6. The second kappa shape index (κ2) is 10.1. The van der Waals surface area contributed by atoms with E-state index < -0.39 is 12.1 Å². The Morgan fingerprint density at radius 2 is 1.87 bits per heavy atom. The van der Waals surface area contributed by atoms with E-state index in [0.717, 1.165) is 11.3 Å². The molecular weight excluding hydrogens is 384 g/mol. The first kappa shape index (κ1) is 20.9. The molecule has 8 heteroatoms. The number of nitrogens with zero attached hydrogens (tertiary/aromatic N) is 1. The Bertz CT molecular complexity index is 988. The van der Waals surface area contributed by atoms with Gasteiger partial charge in [0.1, 0.15) is 11.6 Å². The summed E-state index contributed by atoms with van der Waals surface area (Å²) in [5.74, 6) is 0.791. The van der Waals surface area contributed by atoms with Gasteiger partial charge in [-0.2, -0.15) is 0 Å². The molecule has 2 aromatic carbocycles. The van der Waals surface area contributed by atoms with Crippen molar-refractivity contribution in [2.45, 2.75) is 18.9 Å². The first-order valence-electron chi connectivity index (χ1n) is 9.59. The summed E-state index contributed by atoms with van der Waals surface area (Å²) in [6, 6.07) is 16.3. The Morgan fingerprint density at radius 3 is 2.60 bits per heavy atom. The van der Waals surface area contributed by atoms with Crippen LogP contribution in [-0.2, 0) is 0 Å². The topological polar surface area (TPSA) is 116 Å². The molecule has 3 aromatic rings. The van der Waals surface area contributed by atoms with Crippen LogP contribution in [0.25, 0.3) is 11.3 Å². The number of hydrogen-bond acceptors (Lipinski definition) is 4. The van der Waals surface area contributed by atoms with Gasteiger partial charge in [0.25, 0.3) is 5.91 Å². The van der Waals surface area contributed by atoms with Crippen molar-refractivity contribution in [2.75, 3.05) is 13.7 Å². The molecule has 0 aliphatic carbocycles. The predicted octanol–water partition coefficient (Wildman–Crippen LogP) is 3.60. The average Bonchev–Trinajstić information content (AvgIpc) is 3.26. The number of carbonyl (C=O) groups excluding carboxylic acids is 1. The Morgan fingerprint density at radius 1 is 1.13 bits per heavy atom. The molecule has 0 aliphatic heterocycles. The third-order valence-corrected chi connectivity index (χ3v) is 4.61. The maximum absolute atomic E-state index is 12.9. The van der Waals surface area contributed by atoms with Crippen LogP contribution in [0.3, 0.4) is 0 Å². The molecule has 0 saturated heterocycles. The van der Waals surface area contributed by atoms with Crippen LogP contribution in [0.2, 0.25) is 0 Å². The third-order valence-electron chi connectivity index (χ3n) is 4.61. The van der Waals surface area contributed by atoms with E-state index in [9.17, 15) is 9.59 Å². The number of methoxy groups -OCH3 is 1. The number of hydrogen-bond donors (Lipinski definition) is 4. The fraction of sp³-hybridized carbons (Fsp3) is 0.227. The highest BCUT2D eigenvalue weighted by Crippen LogP contribution is 2.23. The number of aromatic amines is 1. The number of aromatic nitrogens is 2. The number of benzene rings is 2. The molecule has 30 heavy (non-hydrogen) atoms. The summed E-state index contributed by atoms with van der Waals surface area (Å²) in [6.07, 6.45) is 1.68. The van der Waals surface area contributed by atoms with Crippen LogP contribution in [0.4, 0.5) is 4.79 Å². The summed E-state index contributed by atoms with van der Waals surface area (Å²) in [5, 5.41) is 14.1. The van der Waals surface area contributed by atoms with E-state index >= 15 is 0 Å². The largest absolute Gasteiger partial charge is 0.496 e. The van der Waals surface area contributed by atoms with Gasteiger partial charge in [-0.15, -0.1) is 0 Å². The Kier molecular flexibility index (Phi) is 7.05. The van der Waals surface area contributed by atoms with Crippen LogP contribution in [-0.4, -0.2) is 40.7 Å². The molecule has 8 nitrogen and oxygen atoms in total. The average molecular weight is 408 g/mol. The molecule has 2 amide bonds. The van der Waals surface area contributed by atoms with Crippen LogP contribution in [0.5, 0.6) is 5.75 Å². The van der Waals surface area contributed by atoms with Crippen molar-refractivity contribution in [3.63, 3.8) is 0 Å². The molecule has 1 heterocycles. The highest BCUT2D eigenvalue weighted by Gasteiger charge is 2.21. The second-order valence-corrected chi connectivity index (χ2v) is 6.65. The Labute approximate surface area is 174 Å². The molecule has 0 spiro atoms. The maximum Gasteiger partial charge on any atom is 0.404 e. The summed E-state index contributed by atoms with van der Waals surface area (Å²) >= 11 is 0. The van der Waals surface area contributed by atoms with E-state index in [1.54, 1.807) is 30.5 Å². The fourth-order valence-electron chi connectivity index (χ4n) is 3.13. The van der Waals surface area contributed by atoms with Crippen molar-refractivity contribution in [3.05, 3.63) is 72.2 Å². The van der Waals surface area contributed by atoms with Gasteiger partial charge in [0.2, 0.25) is 0 Å². The fourth-order valence-corrected chi connectivity index (χ4v) is 3.13. The minimum atomic E-state index is -1.08. The lowest BCUT2D eigenvalue weighted by molar-refractivity contribution is 0.0929. The lowest BCUT2D eigenvalue weighted by atomic mass is 10.1. The second-order valence-electron chi connectivity index (χ2n) is 6.65. The van der Waals surface area contributed by atoms with Gasteiger partial charge in [-0.25, -0.2) is 9.78 Å². The minimum Gasteiger partial charge on any atom is -0.496 e. The molecule has 0 radical (unpaired) electrons. The van der Waals surface area contributed by atoms with Crippen LogP contribution in [0.1, 0.15) is 35.1 Å². The number of carboxylic acid groups (broad SMARTS) is 1. The molecule has 3 rings (SSSR count). The number of ether oxygens (including phenoxy) is 1. The SMILES string of the molecule is COc1ccccc1C(=O)NC(CCCNC(=O)O)c1ncc(-c2ccccc2)[nH]1. The number of rotatable bonds is 9. The number of imidazole rings is 1. The van der Waals surface area contributed by atoms with E-state index in [4.69, 9.17) is 9.84 Å². The molecule has 0 fully saturated rings. The summed E-state index contributed by atoms with van der Waals surface area (Å²) in [6.45, 7) is 0.280. The molecule has 1 aromatic heterocycles. The smallest absolute Gasteiger partial charge is 0.404 e. The molecule has 156 valence electrons. The van der Waals surface area contributed by atoms with Crippen molar-refractivity contribution < 1.29 is 19.4 Å². The first-order chi connectivity index (χ1) is 14.6. The molecule has 0 saturated carbocycles. The number of nitrogens with one attached hydrogen (secondary N) is 3. The molecule has 0 bridgehead atoms. The highest BCUT2D eigenvalue weighted by molar-refractivity contribution is 5.97. The van der Waals surface area contributed by atoms with Gasteiger partial charge in [-0.3, -0.25) is 4.79 Å². The van der Waals surface area contributed by atoms with E-state index in [2.05, 4.69) is 20.6 Å². The van der Waals surface area contributed by atoms with E-state index in [0.29, 0.717) is 30.0 Å². The van der Waals surface area contributed by atoms with Crippen LogP contribution in [0, 0.1) is 0 Å². The number of para-hydroxylation sites is 1. The predicted molar refractivity (Wildman–Crippen MR) is 112 cm³/mol. The van der Waals surface area contributed by atoms with Crippen molar-refractivity contribution in [1.82, 2.24) is 20.6 Å². The van der Waals surface area contributed by atoms with Gasteiger partial charge in [-0.05, 0) is 30.5 Å². The lowest BCUT2D eigenvalue weighted by Crippen LogP contribution is -2.31. The van der Waals surface area contributed by atoms with E-state index in [1.165, 1.54) is 7.11 Å². The minimum absolute atomic E-state index is 0.280. The van der Waals surface area contributed by atoms with Gasteiger partial charge in [-0.1, -0.05) is 42.5 Å². The van der Waals surface area contributed by atoms with Gasteiger partial charge in [0, 0.05) is 6.54 Å². The normalized spacial score (nSPS) is 11.5. The third kappa shape index (κ3) is 5.38. The van der Waals surface area contributed by atoms with Crippen LogP contribution >= 0.6 is 0 Å². The van der Waals surface area contributed by atoms with Crippen molar-refractivity contribution in [3.8, 4) is 17.0 Å². The van der Waals surface area contributed by atoms with Crippen molar-refractivity contribution >= 4 is 12.0 Å². The summed E-state index contributed by atoms with van der Waals surface area (Å²) < 4.78 is 5.28. The molecule has 1 atom stereocenters. The van der Waals surface area contributed by atoms with E-state index in [-0.39, 0.29) is 12.5 Å². The van der Waals surface area contributed by atoms with Gasteiger partial charge < -0.3 is 25.5 Å². The highest BCUT2D eigenvalue weighted by atomic mass is 16.5. The molecule has 0 aliphatic rings.